The standard InChI is InChI=1S/C14H17N3O4S2/c1-9-4-6-10(7-5-9)14(8-11(14)16-23(20)21)12(18)17(3)13(19)22-15-2/h4-7,11,15H,8H2,1-3H3. The first-order valence-electron chi connectivity index (χ1n) is 6.86. The molecule has 1 saturated carbocycles. The Balaban J connectivity index is 2.40. The highest BCUT2D eigenvalue weighted by Crippen LogP contribution is 2.52. The van der Waals surface area contributed by atoms with E-state index in [0.29, 0.717) is 5.56 Å². The van der Waals surface area contributed by atoms with Crippen LogP contribution < -0.4 is 4.72 Å². The average molecular weight is 355 g/mol. The number of benzene rings is 1. The number of aryl methyl sites for hydroxylation is 1. The Morgan fingerprint density at radius 3 is 2.48 bits per heavy atom. The molecular weight excluding hydrogens is 338 g/mol. The van der Waals surface area contributed by atoms with Gasteiger partial charge in [-0.1, -0.05) is 29.8 Å². The van der Waals surface area contributed by atoms with Crippen LogP contribution in [0.1, 0.15) is 17.5 Å². The highest BCUT2D eigenvalue weighted by atomic mass is 32.2. The second kappa shape index (κ2) is 6.81. The van der Waals surface area contributed by atoms with Crippen LogP contribution in [-0.4, -0.2) is 44.6 Å². The second-order valence-corrected chi connectivity index (χ2v) is 6.92. The summed E-state index contributed by atoms with van der Waals surface area (Å²) < 4.78 is 28.0. The molecule has 124 valence electrons. The molecule has 0 aliphatic heterocycles. The van der Waals surface area contributed by atoms with Crippen molar-refractivity contribution in [3.05, 3.63) is 35.4 Å². The summed E-state index contributed by atoms with van der Waals surface area (Å²) in [5.41, 5.74) is 0.599. The number of rotatable bonds is 4. The van der Waals surface area contributed by atoms with E-state index in [-0.39, 0.29) is 6.42 Å². The molecule has 0 radical (unpaired) electrons. The summed E-state index contributed by atoms with van der Waals surface area (Å²) in [6, 6.07) is 6.57. The molecule has 0 bridgehead atoms. The van der Waals surface area contributed by atoms with E-state index in [9.17, 15) is 18.0 Å². The topological polar surface area (TPSA) is 95.9 Å². The summed E-state index contributed by atoms with van der Waals surface area (Å²) >= 11 is 0.788. The molecule has 1 aromatic carbocycles. The summed E-state index contributed by atoms with van der Waals surface area (Å²) in [6.07, 6.45) is 0.269. The minimum absolute atomic E-state index is 0.269. The van der Waals surface area contributed by atoms with Crippen LogP contribution in [0.4, 0.5) is 4.79 Å². The summed E-state index contributed by atoms with van der Waals surface area (Å²) in [6.45, 7) is 1.92. The van der Waals surface area contributed by atoms with Gasteiger partial charge in [0.05, 0.1) is 6.04 Å². The maximum atomic E-state index is 12.8. The van der Waals surface area contributed by atoms with Crippen molar-refractivity contribution in [2.45, 2.75) is 24.8 Å². The minimum atomic E-state index is -2.60. The predicted octanol–water partition coefficient (Wildman–Crippen LogP) is 1.51. The fourth-order valence-corrected chi connectivity index (χ4v) is 3.39. The Bertz CT molecular complexity index is 753. The first-order chi connectivity index (χ1) is 10.8. The van der Waals surface area contributed by atoms with Crippen LogP contribution in [0.25, 0.3) is 0 Å². The normalized spacial score (nSPS) is 22.3. The SMILES string of the molecule is CNSC(=O)N(C)C(=O)C1(c2ccc(C)cc2)CC1N=S(=O)=O. The van der Waals surface area contributed by atoms with Gasteiger partial charge in [-0.05, 0) is 26.0 Å². The van der Waals surface area contributed by atoms with E-state index >= 15 is 0 Å². The lowest BCUT2D eigenvalue weighted by Crippen LogP contribution is -2.41. The first-order valence-corrected chi connectivity index (χ1v) is 8.71. The molecule has 1 aliphatic carbocycles. The number of amides is 2. The van der Waals surface area contributed by atoms with Crippen LogP contribution in [-0.2, 0) is 20.7 Å². The third-order valence-corrected chi connectivity index (χ3v) is 4.93. The van der Waals surface area contributed by atoms with Gasteiger partial charge in [0.1, 0.15) is 5.41 Å². The number of hydrogen-bond acceptors (Lipinski definition) is 7. The van der Waals surface area contributed by atoms with Gasteiger partial charge in [0, 0.05) is 19.0 Å². The van der Waals surface area contributed by atoms with Crippen molar-refractivity contribution < 1.29 is 18.0 Å². The van der Waals surface area contributed by atoms with E-state index in [0.717, 1.165) is 22.4 Å². The summed E-state index contributed by atoms with van der Waals surface area (Å²) in [7, 11) is 0.359. The van der Waals surface area contributed by atoms with Crippen LogP contribution in [0.15, 0.2) is 28.6 Å². The van der Waals surface area contributed by atoms with E-state index in [1.165, 1.54) is 7.05 Å². The Kier molecular flexibility index (Phi) is 5.23. The van der Waals surface area contributed by atoms with Crippen LogP contribution in [0.2, 0.25) is 0 Å². The van der Waals surface area contributed by atoms with E-state index in [4.69, 9.17) is 0 Å². The van der Waals surface area contributed by atoms with Crippen molar-refractivity contribution in [2.75, 3.05) is 14.1 Å². The van der Waals surface area contributed by atoms with Gasteiger partial charge < -0.3 is 0 Å². The third-order valence-electron chi connectivity index (χ3n) is 3.85. The number of nitrogens with zero attached hydrogens (tertiary/aromatic N) is 2. The lowest BCUT2D eigenvalue weighted by atomic mass is 9.93. The van der Waals surface area contributed by atoms with Crippen molar-refractivity contribution in [3.63, 3.8) is 0 Å². The van der Waals surface area contributed by atoms with Gasteiger partial charge in [-0.25, -0.2) is 0 Å². The van der Waals surface area contributed by atoms with Gasteiger partial charge in [0.15, 0.2) is 0 Å². The highest BCUT2D eigenvalue weighted by Gasteiger charge is 2.63. The molecular formula is C14H17N3O4S2. The van der Waals surface area contributed by atoms with Gasteiger partial charge in [-0.15, -0.1) is 0 Å². The molecule has 2 atom stereocenters. The van der Waals surface area contributed by atoms with Crippen LogP contribution in [0.5, 0.6) is 0 Å². The molecule has 23 heavy (non-hydrogen) atoms. The van der Waals surface area contributed by atoms with E-state index in [2.05, 4.69) is 9.08 Å². The van der Waals surface area contributed by atoms with Crippen LogP contribution in [0, 0.1) is 6.92 Å². The fraction of sp³-hybridized carbons (Fsp3) is 0.429. The molecule has 1 N–H and O–H groups in total. The number of imide groups is 1. The van der Waals surface area contributed by atoms with Crippen molar-refractivity contribution in [3.8, 4) is 0 Å². The average Bonchev–Trinajstić information content (AvgIpc) is 3.20. The summed E-state index contributed by atoms with van der Waals surface area (Å²) in [4.78, 5) is 25.8. The van der Waals surface area contributed by atoms with Gasteiger partial charge >= 0.3 is 15.7 Å². The fourth-order valence-electron chi connectivity index (χ4n) is 2.53. The van der Waals surface area contributed by atoms with E-state index < -0.39 is 33.1 Å². The first kappa shape index (κ1) is 17.6. The van der Waals surface area contributed by atoms with Crippen LogP contribution >= 0.6 is 11.9 Å². The molecule has 2 rings (SSSR count). The van der Waals surface area contributed by atoms with Crippen molar-refractivity contribution in [1.82, 2.24) is 9.62 Å². The number of nitrogens with one attached hydrogen (secondary N) is 1. The van der Waals surface area contributed by atoms with Crippen molar-refractivity contribution in [2.24, 2.45) is 4.36 Å². The lowest BCUT2D eigenvalue weighted by molar-refractivity contribution is -0.129. The molecule has 0 saturated heterocycles. The van der Waals surface area contributed by atoms with Gasteiger partial charge in [-0.3, -0.25) is 19.2 Å². The molecule has 0 aromatic heterocycles. The second-order valence-electron chi connectivity index (χ2n) is 5.32. The molecule has 0 spiro atoms. The Labute approximate surface area is 140 Å². The smallest absolute Gasteiger partial charge is 0.275 e. The Hall–Kier alpha value is -1.71. The molecule has 0 heterocycles. The molecule has 1 aromatic rings. The number of carbonyl (C=O) groups excluding carboxylic acids is 2. The zero-order valence-electron chi connectivity index (χ0n) is 12.9. The van der Waals surface area contributed by atoms with Gasteiger partial charge in [0.25, 0.3) is 0 Å². The molecule has 1 aliphatic rings. The lowest BCUT2D eigenvalue weighted by Gasteiger charge is -2.22. The molecule has 1 fully saturated rings. The molecule has 9 heteroatoms. The molecule has 7 nitrogen and oxygen atoms in total. The summed E-state index contributed by atoms with van der Waals surface area (Å²) in [5.74, 6) is -0.451. The Morgan fingerprint density at radius 2 is 1.96 bits per heavy atom. The monoisotopic (exact) mass is 355 g/mol. The number of hydrogen-bond donors (Lipinski definition) is 1. The minimum Gasteiger partial charge on any atom is -0.275 e. The highest BCUT2D eigenvalue weighted by molar-refractivity contribution is 8.11. The zero-order valence-corrected chi connectivity index (χ0v) is 14.6. The van der Waals surface area contributed by atoms with Gasteiger partial charge in [0.2, 0.25) is 5.91 Å². The predicted molar refractivity (Wildman–Crippen MR) is 87.4 cm³/mol. The van der Waals surface area contributed by atoms with E-state index in [1.54, 1.807) is 19.2 Å². The third kappa shape index (κ3) is 3.46. The quantitative estimate of drug-likeness (QED) is 0.823. The van der Waals surface area contributed by atoms with Crippen molar-refractivity contribution in [1.29, 1.82) is 0 Å². The molecule has 2 unspecified atom stereocenters. The van der Waals surface area contributed by atoms with Crippen LogP contribution in [0.3, 0.4) is 0 Å². The van der Waals surface area contributed by atoms with Gasteiger partial charge in [-0.2, -0.15) is 12.8 Å². The molecule has 2 amide bonds. The zero-order chi connectivity index (χ0) is 17.2. The maximum Gasteiger partial charge on any atom is 0.311 e. The largest absolute Gasteiger partial charge is 0.311 e. The van der Waals surface area contributed by atoms with Crippen molar-refractivity contribution >= 4 is 33.6 Å². The maximum absolute atomic E-state index is 12.8. The summed E-state index contributed by atoms with van der Waals surface area (Å²) in [5, 5.41) is -0.460. The number of likely N-dealkylation sites (N-methyl/N-ethyl adjacent to an activating group) is 1. The number of carbonyl (C=O) groups is 2. The Morgan fingerprint density at radius 1 is 1.35 bits per heavy atom. The van der Waals surface area contributed by atoms with E-state index in [1.807, 2.05) is 19.1 Å².